The van der Waals surface area contributed by atoms with Crippen molar-refractivity contribution in [2.75, 3.05) is 7.11 Å². The number of hydrogen-bond donors (Lipinski definition) is 1. The maximum absolute atomic E-state index is 5.79. The molecule has 2 heterocycles. The number of rotatable bonds is 4. The molecular weight excluding hydrogens is 222 g/mol. The van der Waals surface area contributed by atoms with Gasteiger partial charge in [0.2, 0.25) is 17.6 Å². The van der Waals surface area contributed by atoms with Gasteiger partial charge >= 0.3 is 0 Å². The van der Waals surface area contributed by atoms with E-state index in [0.717, 1.165) is 6.42 Å². The molecular formula is C10H13N5O2. The Bertz CT molecular complexity index is 499. The van der Waals surface area contributed by atoms with E-state index in [-0.39, 0.29) is 6.04 Å². The lowest BCUT2D eigenvalue weighted by atomic mass is 10.2. The van der Waals surface area contributed by atoms with Gasteiger partial charge in [0.25, 0.3) is 0 Å². The average molecular weight is 235 g/mol. The van der Waals surface area contributed by atoms with Gasteiger partial charge in [-0.1, -0.05) is 12.1 Å². The molecule has 0 radical (unpaired) electrons. The molecule has 0 aliphatic rings. The van der Waals surface area contributed by atoms with Crippen LogP contribution in [0, 0.1) is 0 Å². The summed E-state index contributed by atoms with van der Waals surface area (Å²) >= 11 is 0. The fourth-order valence-corrected chi connectivity index (χ4v) is 1.24. The summed E-state index contributed by atoms with van der Waals surface area (Å²) in [4.78, 5) is 12.1. The van der Waals surface area contributed by atoms with E-state index in [2.05, 4.69) is 20.1 Å². The van der Waals surface area contributed by atoms with E-state index in [0.29, 0.717) is 23.3 Å². The molecule has 2 aromatic rings. The van der Waals surface area contributed by atoms with E-state index in [4.69, 9.17) is 15.0 Å². The lowest BCUT2D eigenvalue weighted by Crippen LogP contribution is -2.08. The van der Waals surface area contributed by atoms with Crippen LogP contribution < -0.4 is 10.5 Å². The predicted molar refractivity (Wildman–Crippen MR) is 59.1 cm³/mol. The molecule has 0 unspecified atom stereocenters. The van der Waals surface area contributed by atoms with Crippen LogP contribution in [-0.2, 0) is 0 Å². The predicted octanol–water partition coefficient (Wildman–Crippen LogP) is 0.945. The summed E-state index contributed by atoms with van der Waals surface area (Å²) in [5.41, 5.74) is 6.33. The summed E-state index contributed by atoms with van der Waals surface area (Å²) in [7, 11) is 1.53. The van der Waals surface area contributed by atoms with Crippen molar-refractivity contribution < 1.29 is 9.26 Å². The number of ether oxygens (including phenoxy) is 1. The van der Waals surface area contributed by atoms with Crippen molar-refractivity contribution in [2.45, 2.75) is 19.4 Å². The van der Waals surface area contributed by atoms with E-state index in [1.807, 2.05) is 6.92 Å². The van der Waals surface area contributed by atoms with Gasteiger partial charge in [-0.05, 0) is 6.42 Å². The zero-order chi connectivity index (χ0) is 12.3. The first kappa shape index (κ1) is 11.5. The topological polar surface area (TPSA) is 100.0 Å². The second kappa shape index (κ2) is 4.88. The Morgan fingerprint density at radius 2 is 2.29 bits per heavy atom. The third kappa shape index (κ3) is 2.39. The van der Waals surface area contributed by atoms with E-state index in [1.54, 1.807) is 6.07 Å². The van der Waals surface area contributed by atoms with E-state index in [1.165, 1.54) is 13.4 Å². The summed E-state index contributed by atoms with van der Waals surface area (Å²) in [6.07, 6.45) is 2.11. The van der Waals surface area contributed by atoms with Crippen molar-refractivity contribution >= 4 is 0 Å². The maximum Gasteiger partial charge on any atom is 0.243 e. The SMILES string of the molecule is CC[C@H](N)c1nc(-c2cc(OC)ncn2)no1. The minimum atomic E-state index is -0.250. The number of aromatic nitrogens is 4. The van der Waals surface area contributed by atoms with Crippen molar-refractivity contribution in [1.82, 2.24) is 20.1 Å². The smallest absolute Gasteiger partial charge is 0.243 e. The summed E-state index contributed by atoms with van der Waals surface area (Å²) in [6, 6.07) is 1.38. The van der Waals surface area contributed by atoms with Gasteiger partial charge in [0.15, 0.2) is 0 Å². The largest absolute Gasteiger partial charge is 0.481 e. The molecule has 17 heavy (non-hydrogen) atoms. The molecule has 0 aromatic carbocycles. The Hall–Kier alpha value is -2.02. The van der Waals surface area contributed by atoms with Crippen molar-refractivity contribution in [3.63, 3.8) is 0 Å². The molecule has 0 spiro atoms. The second-order valence-corrected chi connectivity index (χ2v) is 3.42. The highest BCUT2D eigenvalue weighted by atomic mass is 16.5. The number of hydrogen-bond acceptors (Lipinski definition) is 7. The number of nitrogens with two attached hydrogens (primary N) is 1. The first-order valence-corrected chi connectivity index (χ1v) is 5.20. The van der Waals surface area contributed by atoms with Crippen LogP contribution in [0.1, 0.15) is 25.3 Å². The molecule has 0 aliphatic heterocycles. The van der Waals surface area contributed by atoms with Gasteiger partial charge in [0.1, 0.15) is 12.0 Å². The minimum absolute atomic E-state index is 0.250. The average Bonchev–Trinajstić information content (AvgIpc) is 2.87. The fraction of sp³-hybridized carbons (Fsp3) is 0.400. The molecule has 1 atom stereocenters. The van der Waals surface area contributed by atoms with Crippen LogP contribution in [0.3, 0.4) is 0 Å². The molecule has 0 bridgehead atoms. The van der Waals surface area contributed by atoms with Crippen LogP contribution in [0.4, 0.5) is 0 Å². The zero-order valence-corrected chi connectivity index (χ0v) is 9.62. The Kier molecular flexibility index (Phi) is 3.29. The molecule has 0 saturated heterocycles. The van der Waals surface area contributed by atoms with Gasteiger partial charge < -0.3 is 15.0 Å². The van der Waals surface area contributed by atoms with E-state index >= 15 is 0 Å². The molecule has 2 N–H and O–H groups in total. The van der Waals surface area contributed by atoms with E-state index in [9.17, 15) is 0 Å². The molecule has 7 nitrogen and oxygen atoms in total. The normalized spacial score (nSPS) is 12.4. The van der Waals surface area contributed by atoms with Crippen molar-refractivity contribution in [2.24, 2.45) is 5.73 Å². The molecule has 2 rings (SSSR count). The highest BCUT2D eigenvalue weighted by molar-refractivity contribution is 5.49. The molecule has 2 aromatic heterocycles. The Labute approximate surface area is 98.0 Å². The van der Waals surface area contributed by atoms with Crippen LogP contribution in [0.15, 0.2) is 16.9 Å². The maximum atomic E-state index is 5.79. The van der Waals surface area contributed by atoms with Gasteiger partial charge in [-0.25, -0.2) is 9.97 Å². The Morgan fingerprint density at radius 3 is 3.00 bits per heavy atom. The summed E-state index contributed by atoms with van der Waals surface area (Å²) < 4.78 is 10.0. The van der Waals surface area contributed by atoms with Gasteiger partial charge in [-0.3, -0.25) is 0 Å². The first-order chi connectivity index (χ1) is 8.24. The molecule has 7 heteroatoms. The van der Waals surface area contributed by atoms with Gasteiger partial charge in [-0.15, -0.1) is 0 Å². The van der Waals surface area contributed by atoms with Crippen molar-refractivity contribution in [3.8, 4) is 17.4 Å². The Balaban J connectivity index is 2.30. The van der Waals surface area contributed by atoms with Crippen LogP contribution in [-0.4, -0.2) is 27.2 Å². The van der Waals surface area contributed by atoms with Crippen molar-refractivity contribution in [3.05, 3.63) is 18.3 Å². The van der Waals surface area contributed by atoms with Crippen LogP contribution in [0.25, 0.3) is 11.5 Å². The number of methoxy groups -OCH3 is 1. The lowest BCUT2D eigenvalue weighted by Gasteiger charge is -1.99. The van der Waals surface area contributed by atoms with Crippen LogP contribution in [0.2, 0.25) is 0 Å². The molecule has 90 valence electrons. The van der Waals surface area contributed by atoms with Gasteiger partial charge in [-0.2, -0.15) is 4.98 Å². The van der Waals surface area contributed by atoms with Crippen LogP contribution in [0.5, 0.6) is 5.88 Å². The first-order valence-electron chi connectivity index (χ1n) is 5.20. The third-order valence-corrected chi connectivity index (χ3v) is 2.28. The van der Waals surface area contributed by atoms with E-state index < -0.39 is 0 Å². The third-order valence-electron chi connectivity index (χ3n) is 2.28. The van der Waals surface area contributed by atoms with Crippen LogP contribution >= 0.6 is 0 Å². The number of nitrogens with zero attached hydrogens (tertiary/aromatic N) is 4. The summed E-state index contributed by atoms with van der Waals surface area (Å²) in [6.45, 7) is 1.95. The Morgan fingerprint density at radius 1 is 1.47 bits per heavy atom. The van der Waals surface area contributed by atoms with Gasteiger partial charge in [0, 0.05) is 6.07 Å². The van der Waals surface area contributed by atoms with Gasteiger partial charge in [0.05, 0.1) is 13.2 Å². The molecule has 0 fully saturated rings. The monoisotopic (exact) mass is 235 g/mol. The zero-order valence-electron chi connectivity index (χ0n) is 9.62. The highest BCUT2D eigenvalue weighted by Gasteiger charge is 2.15. The molecule has 0 amide bonds. The summed E-state index contributed by atoms with van der Waals surface area (Å²) in [5, 5.41) is 3.82. The molecule has 0 saturated carbocycles. The fourth-order valence-electron chi connectivity index (χ4n) is 1.24. The standard InChI is InChI=1S/C10H13N5O2/c1-3-6(11)10-14-9(15-17-10)7-4-8(16-2)13-5-12-7/h4-6H,3,11H2,1-2H3/t6-/m0/s1. The minimum Gasteiger partial charge on any atom is -0.481 e. The quantitative estimate of drug-likeness (QED) is 0.841. The molecule has 0 aliphatic carbocycles. The lowest BCUT2D eigenvalue weighted by molar-refractivity contribution is 0.352. The van der Waals surface area contributed by atoms with Crippen molar-refractivity contribution in [1.29, 1.82) is 0 Å². The second-order valence-electron chi connectivity index (χ2n) is 3.42. The summed E-state index contributed by atoms with van der Waals surface area (Å²) in [5.74, 6) is 1.23. The highest BCUT2D eigenvalue weighted by Crippen LogP contribution is 2.19.